The second kappa shape index (κ2) is 6.24. The Kier molecular flexibility index (Phi) is 4.47. The summed E-state index contributed by atoms with van der Waals surface area (Å²) < 4.78 is 29.6. The minimum Gasteiger partial charge on any atom is -0.481 e. The van der Waals surface area contributed by atoms with Gasteiger partial charge in [0.1, 0.15) is 5.75 Å². The number of carboxylic acids is 1. The summed E-state index contributed by atoms with van der Waals surface area (Å²) in [5, 5.41) is 10.0. The third-order valence-corrected chi connectivity index (χ3v) is 5.23. The van der Waals surface area contributed by atoms with Crippen molar-refractivity contribution in [3.63, 3.8) is 0 Å². The molecule has 126 valence electrons. The Balaban J connectivity index is 1.78. The number of aliphatic carboxylic acids is 1. The van der Waals surface area contributed by atoms with E-state index < -0.39 is 18.0 Å². The Hall–Kier alpha value is -1.40. The van der Waals surface area contributed by atoms with Crippen molar-refractivity contribution in [2.45, 2.75) is 32.4 Å². The number of benzene rings is 1. The molecule has 1 aliphatic carbocycles. The van der Waals surface area contributed by atoms with E-state index in [0.717, 1.165) is 12.8 Å². The maximum absolute atomic E-state index is 12.5. The number of likely N-dealkylation sites (tertiary alicyclic amines) is 1. The van der Waals surface area contributed by atoms with Crippen LogP contribution in [0.15, 0.2) is 18.2 Å². The van der Waals surface area contributed by atoms with Gasteiger partial charge in [-0.1, -0.05) is 18.0 Å². The van der Waals surface area contributed by atoms with Gasteiger partial charge >= 0.3 is 12.6 Å². The number of hydrogen-bond acceptors (Lipinski definition) is 3. The molecule has 1 heterocycles. The van der Waals surface area contributed by atoms with Crippen LogP contribution in [0.25, 0.3) is 0 Å². The van der Waals surface area contributed by atoms with E-state index in [1.54, 1.807) is 6.07 Å². The summed E-state index contributed by atoms with van der Waals surface area (Å²) in [6, 6.07) is 4.52. The van der Waals surface area contributed by atoms with Crippen LogP contribution in [0.4, 0.5) is 8.78 Å². The van der Waals surface area contributed by atoms with Crippen LogP contribution >= 0.6 is 11.6 Å². The first kappa shape index (κ1) is 16.5. The predicted molar refractivity (Wildman–Crippen MR) is 80.8 cm³/mol. The Bertz CT molecular complexity index is 613. The number of ether oxygens (including phenoxy) is 1. The fourth-order valence-electron chi connectivity index (χ4n) is 3.99. The number of carboxylic acid groups (broad SMARTS) is 1. The molecule has 0 spiro atoms. The molecule has 2 aliphatic rings. The van der Waals surface area contributed by atoms with Crippen molar-refractivity contribution in [3.8, 4) is 5.75 Å². The molecule has 1 aromatic carbocycles. The normalized spacial score (nSPS) is 27.4. The van der Waals surface area contributed by atoms with Crippen LogP contribution in [0.5, 0.6) is 5.75 Å². The van der Waals surface area contributed by atoms with Crippen LogP contribution < -0.4 is 4.74 Å². The first-order chi connectivity index (χ1) is 10.9. The summed E-state index contributed by atoms with van der Waals surface area (Å²) in [5.74, 6) is -0.540. The lowest BCUT2D eigenvalue weighted by Crippen LogP contribution is -2.35. The summed E-state index contributed by atoms with van der Waals surface area (Å²) >= 11 is 5.96. The van der Waals surface area contributed by atoms with Crippen LogP contribution in [0.3, 0.4) is 0 Å². The van der Waals surface area contributed by atoms with Crippen molar-refractivity contribution in [1.82, 2.24) is 4.90 Å². The number of rotatable bonds is 5. The standard InChI is InChI=1S/C16H18ClF2NO3/c17-12-3-4-13(23-15(18)19)10(6-12)7-20-8-11-2-1-5-16(11,9-20)14(21)22/h3-4,6,11,15H,1-2,5,7-9H2,(H,21,22)/t11-,16+/m0/s1. The monoisotopic (exact) mass is 345 g/mol. The predicted octanol–water partition coefficient (Wildman–Crippen LogP) is 3.63. The van der Waals surface area contributed by atoms with Crippen molar-refractivity contribution in [3.05, 3.63) is 28.8 Å². The molecule has 23 heavy (non-hydrogen) atoms. The SMILES string of the molecule is O=C(O)[C@@]12CCC[C@H]1CN(Cc1cc(Cl)ccc1OC(F)F)C2. The van der Waals surface area contributed by atoms with Crippen molar-refractivity contribution >= 4 is 17.6 Å². The van der Waals surface area contributed by atoms with Gasteiger partial charge in [0.15, 0.2) is 0 Å². The van der Waals surface area contributed by atoms with E-state index in [1.165, 1.54) is 12.1 Å². The maximum Gasteiger partial charge on any atom is 0.387 e. The zero-order valence-corrected chi connectivity index (χ0v) is 13.2. The summed E-state index contributed by atoms with van der Waals surface area (Å²) in [6.45, 7) is -1.45. The Morgan fingerprint density at radius 2 is 2.30 bits per heavy atom. The van der Waals surface area contributed by atoms with Gasteiger partial charge in [-0.15, -0.1) is 0 Å². The van der Waals surface area contributed by atoms with Crippen LogP contribution in [0.1, 0.15) is 24.8 Å². The number of alkyl halides is 2. The molecule has 1 saturated carbocycles. The van der Waals surface area contributed by atoms with Gasteiger partial charge in [-0.3, -0.25) is 9.69 Å². The Morgan fingerprint density at radius 1 is 1.52 bits per heavy atom. The second-order valence-corrected chi connectivity index (χ2v) is 6.79. The van der Waals surface area contributed by atoms with Gasteiger partial charge in [-0.25, -0.2) is 0 Å². The van der Waals surface area contributed by atoms with Gasteiger partial charge in [0.2, 0.25) is 0 Å². The van der Waals surface area contributed by atoms with Crippen molar-refractivity contribution in [1.29, 1.82) is 0 Å². The number of hydrogen-bond donors (Lipinski definition) is 1. The number of fused-ring (bicyclic) bond motifs is 1. The van der Waals surface area contributed by atoms with Crippen LogP contribution in [-0.4, -0.2) is 35.7 Å². The van der Waals surface area contributed by atoms with E-state index in [0.29, 0.717) is 36.6 Å². The molecule has 0 aromatic heterocycles. The minimum atomic E-state index is -2.90. The molecular weight excluding hydrogens is 328 g/mol. The van der Waals surface area contributed by atoms with Gasteiger partial charge in [0.25, 0.3) is 0 Å². The first-order valence-corrected chi connectivity index (χ1v) is 7.97. The van der Waals surface area contributed by atoms with Crippen LogP contribution in [-0.2, 0) is 11.3 Å². The molecule has 1 N–H and O–H groups in total. The summed E-state index contributed by atoms with van der Waals surface area (Å²) in [6.07, 6.45) is 2.51. The lowest BCUT2D eigenvalue weighted by molar-refractivity contribution is -0.149. The van der Waals surface area contributed by atoms with Crippen molar-refractivity contribution in [2.24, 2.45) is 11.3 Å². The smallest absolute Gasteiger partial charge is 0.387 e. The maximum atomic E-state index is 12.5. The molecular formula is C16H18ClF2NO3. The number of carbonyl (C=O) groups is 1. The third kappa shape index (κ3) is 3.15. The van der Waals surface area contributed by atoms with Gasteiger partial charge in [0, 0.05) is 30.2 Å². The lowest BCUT2D eigenvalue weighted by atomic mass is 9.81. The molecule has 0 amide bonds. The molecule has 1 saturated heterocycles. The minimum absolute atomic E-state index is 0.0887. The molecule has 3 rings (SSSR count). The third-order valence-electron chi connectivity index (χ3n) is 5.00. The average molecular weight is 346 g/mol. The van der Waals surface area contributed by atoms with Gasteiger partial charge in [-0.2, -0.15) is 8.78 Å². The zero-order valence-electron chi connectivity index (χ0n) is 12.5. The van der Waals surface area contributed by atoms with E-state index in [2.05, 4.69) is 4.74 Å². The van der Waals surface area contributed by atoms with Gasteiger partial charge in [0.05, 0.1) is 5.41 Å². The molecule has 4 nitrogen and oxygen atoms in total. The summed E-state index contributed by atoms with van der Waals surface area (Å²) in [7, 11) is 0. The molecule has 0 unspecified atom stereocenters. The topological polar surface area (TPSA) is 49.8 Å². The van der Waals surface area contributed by atoms with E-state index in [4.69, 9.17) is 11.6 Å². The van der Waals surface area contributed by atoms with E-state index in [1.807, 2.05) is 4.90 Å². The number of halogens is 3. The molecule has 0 bridgehead atoms. The summed E-state index contributed by atoms with van der Waals surface area (Å²) in [4.78, 5) is 13.7. The molecule has 2 atom stereocenters. The fraction of sp³-hybridized carbons (Fsp3) is 0.562. The lowest BCUT2D eigenvalue weighted by Gasteiger charge is -2.24. The highest BCUT2D eigenvalue weighted by Crippen LogP contribution is 2.49. The second-order valence-electron chi connectivity index (χ2n) is 6.35. The first-order valence-electron chi connectivity index (χ1n) is 7.60. The Morgan fingerprint density at radius 3 is 2.96 bits per heavy atom. The van der Waals surface area contributed by atoms with Crippen LogP contribution in [0.2, 0.25) is 5.02 Å². The van der Waals surface area contributed by atoms with Crippen LogP contribution in [0, 0.1) is 11.3 Å². The van der Waals surface area contributed by atoms with Gasteiger partial charge < -0.3 is 9.84 Å². The molecule has 2 fully saturated rings. The quantitative estimate of drug-likeness (QED) is 0.885. The van der Waals surface area contributed by atoms with Crippen molar-refractivity contribution < 1.29 is 23.4 Å². The van der Waals surface area contributed by atoms with E-state index >= 15 is 0 Å². The highest BCUT2D eigenvalue weighted by molar-refractivity contribution is 6.30. The summed E-state index contributed by atoms with van der Waals surface area (Å²) in [5.41, 5.74) is -0.138. The molecule has 0 radical (unpaired) electrons. The van der Waals surface area contributed by atoms with Crippen molar-refractivity contribution in [2.75, 3.05) is 13.1 Å². The fourth-order valence-corrected chi connectivity index (χ4v) is 4.18. The Labute approximate surface area is 138 Å². The van der Waals surface area contributed by atoms with E-state index in [9.17, 15) is 18.7 Å². The highest BCUT2D eigenvalue weighted by atomic mass is 35.5. The largest absolute Gasteiger partial charge is 0.481 e. The highest BCUT2D eigenvalue weighted by Gasteiger charge is 2.54. The van der Waals surface area contributed by atoms with Gasteiger partial charge in [-0.05, 0) is 37.0 Å². The van der Waals surface area contributed by atoms with E-state index in [-0.39, 0.29) is 11.7 Å². The molecule has 1 aromatic rings. The molecule has 7 heteroatoms. The molecule has 1 aliphatic heterocycles. The zero-order chi connectivity index (χ0) is 16.6. The average Bonchev–Trinajstić information content (AvgIpc) is 2.99. The number of nitrogens with zero attached hydrogens (tertiary/aromatic N) is 1.